The quantitative estimate of drug-likeness (QED) is 0.841. The average Bonchev–Trinajstić information content (AvgIpc) is 2.31. The fourth-order valence-electron chi connectivity index (χ4n) is 2.49. The maximum absolute atomic E-state index is 6.48. The molecule has 0 aromatic heterocycles. The first-order valence-corrected chi connectivity index (χ1v) is 6.27. The summed E-state index contributed by atoms with van der Waals surface area (Å²) in [5, 5.41) is 0. The normalized spacial score (nSPS) is 20.9. The Balaban J connectivity index is 1.95. The SMILES string of the molecule is CCN1CCC(N)(Cc2ccccc2)CC1. The summed E-state index contributed by atoms with van der Waals surface area (Å²) in [4.78, 5) is 2.48. The standard InChI is InChI=1S/C14H22N2/c1-2-16-10-8-14(15,9-11-16)12-13-6-4-3-5-7-13/h3-7H,2,8-12,15H2,1H3. The maximum Gasteiger partial charge on any atom is 0.0219 e. The number of nitrogens with two attached hydrogens (primary N) is 1. The molecule has 1 aliphatic heterocycles. The second-order valence-corrected chi connectivity index (χ2v) is 4.96. The number of nitrogens with zero attached hydrogens (tertiary/aromatic N) is 1. The van der Waals surface area contributed by atoms with Crippen molar-refractivity contribution in [1.29, 1.82) is 0 Å². The highest BCUT2D eigenvalue weighted by Gasteiger charge is 2.29. The van der Waals surface area contributed by atoms with E-state index in [1.807, 2.05) is 0 Å². The molecule has 1 heterocycles. The predicted molar refractivity (Wildman–Crippen MR) is 68.4 cm³/mol. The monoisotopic (exact) mass is 218 g/mol. The molecule has 0 radical (unpaired) electrons. The fourth-order valence-corrected chi connectivity index (χ4v) is 2.49. The Bertz CT molecular complexity index is 313. The van der Waals surface area contributed by atoms with E-state index in [0.717, 1.165) is 38.9 Å². The van der Waals surface area contributed by atoms with Crippen LogP contribution >= 0.6 is 0 Å². The minimum atomic E-state index is 0.0209. The predicted octanol–water partition coefficient (Wildman–Crippen LogP) is 2.04. The van der Waals surface area contributed by atoms with E-state index in [-0.39, 0.29) is 5.54 Å². The van der Waals surface area contributed by atoms with Crippen LogP contribution < -0.4 is 5.73 Å². The molecule has 0 bridgehead atoms. The largest absolute Gasteiger partial charge is 0.325 e. The summed E-state index contributed by atoms with van der Waals surface area (Å²) in [5.41, 5.74) is 7.87. The Kier molecular flexibility index (Phi) is 3.62. The van der Waals surface area contributed by atoms with Gasteiger partial charge in [-0.25, -0.2) is 0 Å². The van der Waals surface area contributed by atoms with Crippen molar-refractivity contribution in [1.82, 2.24) is 4.90 Å². The first-order valence-electron chi connectivity index (χ1n) is 6.27. The molecule has 0 unspecified atom stereocenters. The zero-order chi connectivity index (χ0) is 11.4. The highest BCUT2D eigenvalue weighted by molar-refractivity contribution is 5.18. The van der Waals surface area contributed by atoms with E-state index >= 15 is 0 Å². The molecule has 2 heteroatoms. The number of hydrogen-bond donors (Lipinski definition) is 1. The molecule has 1 saturated heterocycles. The van der Waals surface area contributed by atoms with Gasteiger partial charge < -0.3 is 10.6 Å². The van der Waals surface area contributed by atoms with Crippen LogP contribution in [0.5, 0.6) is 0 Å². The molecule has 2 N–H and O–H groups in total. The van der Waals surface area contributed by atoms with Crippen LogP contribution in [0.3, 0.4) is 0 Å². The molecule has 1 fully saturated rings. The van der Waals surface area contributed by atoms with Gasteiger partial charge in [0.1, 0.15) is 0 Å². The third-order valence-corrected chi connectivity index (χ3v) is 3.70. The smallest absolute Gasteiger partial charge is 0.0219 e. The Morgan fingerprint density at radius 2 is 1.81 bits per heavy atom. The molecule has 0 aliphatic carbocycles. The van der Waals surface area contributed by atoms with Crippen LogP contribution in [0, 0.1) is 0 Å². The van der Waals surface area contributed by atoms with Gasteiger partial charge in [0.15, 0.2) is 0 Å². The van der Waals surface area contributed by atoms with Crippen molar-refractivity contribution in [2.24, 2.45) is 5.73 Å². The Labute approximate surface area is 98.4 Å². The van der Waals surface area contributed by atoms with E-state index in [2.05, 4.69) is 42.2 Å². The zero-order valence-corrected chi connectivity index (χ0v) is 10.2. The van der Waals surface area contributed by atoms with Crippen LogP contribution in [0.25, 0.3) is 0 Å². The lowest BCUT2D eigenvalue weighted by atomic mass is 9.83. The van der Waals surface area contributed by atoms with Crippen LogP contribution in [-0.4, -0.2) is 30.1 Å². The van der Waals surface area contributed by atoms with Crippen molar-refractivity contribution >= 4 is 0 Å². The van der Waals surface area contributed by atoms with Crippen LogP contribution in [0.2, 0.25) is 0 Å². The molecule has 16 heavy (non-hydrogen) atoms. The van der Waals surface area contributed by atoms with Gasteiger partial charge in [0.25, 0.3) is 0 Å². The summed E-state index contributed by atoms with van der Waals surface area (Å²) in [6.45, 7) is 5.68. The lowest BCUT2D eigenvalue weighted by Crippen LogP contribution is -2.51. The molecule has 1 aromatic carbocycles. The topological polar surface area (TPSA) is 29.3 Å². The molecule has 2 nitrogen and oxygen atoms in total. The highest BCUT2D eigenvalue weighted by Crippen LogP contribution is 2.23. The molecule has 0 amide bonds. The molecule has 0 saturated carbocycles. The van der Waals surface area contributed by atoms with E-state index in [4.69, 9.17) is 5.73 Å². The molecule has 0 spiro atoms. The summed E-state index contributed by atoms with van der Waals surface area (Å²) < 4.78 is 0. The van der Waals surface area contributed by atoms with E-state index in [1.54, 1.807) is 0 Å². The second kappa shape index (κ2) is 4.98. The van der Waals surface area contributed by atoms with E-state index in [1.165, 1.54) is 5.56 Å². The van der Waals surface area contributed by atoms with Gasteiger partial charge in [0.2, 0.25) is 0 Å². The molecule has 0 atom stereocenters. The maximum atomic E-state index is 6.48. The van der Waals surface area contributed by atoms with Crippen molar-refractivity contribution in [3.63, 3.8) is 0 Å². The van der Waals surface area contributed by atoms with Gasteiger partial charge in [0.05, 0.1) is 0 Å². The number of likely N-dealkylation sites (tertiary alicyclic amines) is 1. The Morgan fingerprint density at radius 1 is 1.19 bits per heavy atom. The summed E-state index contributed by atoms with van der Waals surface area (Å²) in [6, 6.07) is 10.6. The number of hydrogen-bond acceptors (Lipinski definition) is 2. The van der Waals surface area contributed by atoms with Crippen molar-refractivity contribution in [3.8, 4) is 0 Å². The minimum Gasteiger partial charge on any atom is -0.325 e. The summed E-state index contributed by atoms with van der Waals surface area (Å²) in [6.07, 6.45) is 3.26. The molecule has 88 valence electrons. The Morgan fingerprint density at radius 3 is 2.38 bits per heavy atom. The van der Waals surface area contributed by atoms with E-state index in [9.17, 15) is 0 Å². The second-order valence-electron chi connectivity index (χ2n) is 4.96. The third-order valence-electron chi connectivity index (χ3n) is 3.70. The molecule has 1 aromatic rings. The van der Waals surface area contributed by atoms with Crippen LogP contribution in [0.15, 0.2) is 30.3 Å². The van der Waals surface area contributed by atoms with Crippen LogP contribution in [0.4, 0.5) is 0 Å². The summed E-state index contributed by atoms with van der Waals surface area (Å²) in [5.74, 6) is 0. The zero-order valence-electron chi connectivity index (χ0n) is 10.2. The molecular formula is C14H22N2. The Hall–Kier alpha value is -0.860. The van der Waals surface area contributed by atoms with Gasteiger partial charge in [-0.3, -0.25) is 0 Å². The van der Waals surface area contributed by atoms with Gasteiger partial charge >= 0.3 is 0 Å². The first-order chi connectivity index (χ1) is 7.72. The third kappa shape index (κ3) is 2.83. The van der Waals surface area contributed by atoms with Gasteiger partial charge in [-0.05, 0) is 44.5 Å². The lowest BCUT2D eigenvalue weighted by Gasteiger charge is -2.39. The van der Waals surface area contributed by atoms with Crippen molar-refractivity contribution in [2.45, 2.75) is 31.7 Å². The molecule has 1 aliphatic rings. The van der Waals surface area contributed by atoms with Crippen molar-refractivity contribution in [3.05, 3.63) is 35.9 Å². The average molecular weight is 218 g/mol. The van der Waals surface area contributed by atoms with Crippen molar-refractivity contribution in [2.75, 3.05) is 19.6 Å². The van der Waals surface area contributed by atoms with Crippen LogP contribution in [-0.2, 0) is 6.42 Å². The molecule has 2 rings (SSSR count). The molecular weight excluding hydrogens is 196 g/mol. The van der Waals surface area contributed by atoms with Gasteiger partial charge in [-0.15, -0.1) is 0 Å². The van der Waals surface area contributed by atoms with E-state index in [0.29, 0.717) is 0 Å². The first kappa shape index (κ1) is 11.6. The number of piperidine rings is 1. The fraction of sp³-hybridized carbons (Fsp3) is 0.571. The van der Waals surface area contributed by atoms with Crippen molar-refractivity contribution < 1.29 is 0 Å². The van der Waals surface area contributed by atoms with Gasteiger partial charge in [-0.2, -0.15) is 0 Å². The van der Waals surface area contributed by atoms with Gasteiger partial charge in [-0.1, -0.05) is 37.3 Å². The minimum absolute atomic E-state index is 0.0209. The number of benzene rings is 1. The lowest BCUT2D eigenvalue weighted by molar-refractivity contribution is 0.168. The summed E-state index contributed by atoms with van der Waals surface area (Å²) >= 11 is 0. The van der Waals surface area contributed by atoms with Crippen LogP contribution in [0.1, 0.15) is 25.3 Å². The highest BCUT2D eigenvalue weighted by atomic mass is 15.1. The van der Waals surface area contributed by atoms with E-state index < -0.39 is 0 Å². The summed E-state index contributed by atoms with van der Waals surface area (Å²) in [7, 11) is 0. The van der Waals surface area contributed by atoms with Gasteiger partial charge in [0, 0.05) is 5.54 Å². The number of rotatable bonds is 3.